The maximum Gasteiger partial charge on any atom is 0.166 e. The highest BCUT2D eigenvalue weighted by Crippen LogP contribution is 2.29. The molecule has 9 nitrogen and oxygen atoms in total. The van der Waals surface area contributed by atoms with Crippen LogP contribution in [0.3, 0.4) is 0 Å². The lowest BCUT2D eigenvalue weighted by Gasteiger charge is -2.44. The molecule has 1 fully saturated rings. The molecule has 0 bridgehead atoms. The third-order valence-electron chi connectivity index (χ3n) is 3.81. The lowest BCUT2D eigenvalue weighted by atomic mass is 9.92. The number of Topliss-reactive ketones (excluding diaryl/α,β-unsaturated/α-hetero) is 1. The molecule has 1 heterocycles. The lowest BCUT2D eigenvalue weighted by Crippen LogP contribution is -2.62. The van der Waals surface area contributed by atoms with Crippen LogP contribution in [-0.4, -0.2) is 65.9 Å². The third-order valence-corrected chi connectivity index (χ3v) is 3.81. The van der Waals surface area contributed by atoms with Gasteiger partial charge in [-0.25, -0.2) is 0 Å². The van der Waals surface area contributed by atoms with Crippen LogP contribution in [0.1, 0.15) is 49.2 Å². The van der Waals surface area contributed by atoms with Crippen LogP contribution in [0.15, 0.2) is 5.11 Å². The molecule has 0 aromatic rings. The summed E-state index contributed by atoms with van der Waals surface area (Å²) >= 11 is 0. The van der Waals surface area contributed by atoms with Crippen molar-refractivity contribution in [3.63, 3.8) is 0 Å². The molecule has 0 amide bonds. The van der Waals surface area contributed by atoms with Crippen molar-refractivity contribution in [1.82, 2.24) is 0 Å². The van der Waals surface area contributed by atoms with Gasteiger partial charge in [0.25, 0.3) is 0 Å². The van der Waals surface area contributed by atoms with Gasteiger partial charge in [-0.3, -0.25) is 4.79 Å². The molecule has 1 aliphatic heterocycles. The van der Waals surface area contributed by atoms with Crippen LogP contribution < -0.4 is 0 Å². The fourth-order valence-corrected chi connectivity index (χ4v) is 2.44. The highest BCUT2D eigenvalue weighted by Gasteiger charge is 2.49. The van der Waals surface area contributed by atoms with Crippen molar-refractivity contribution >= 4 is 5.78 Å². The number of ketones is 1. The molecule has 4 unspecified atom stereocenters. The van der Waals surface area contributed by atoms with E-state index >= 15 is 0 Å². The second-order valence-corrected chi connectivity index (χ2v) is 5.85. The van der Waals surface area contributed by atoms with Crippen LogP contribution in [-0.2, 0) is 19.0 Å². The van der Waals surface area contributed by atoms with Gasteiger partial charge in [0.05, 0.1) is 8.85 Å². The summed E-state index contributed by atoms with van der Waals surface area (Å²) in [5.74, 6) is -0.616. The first-order valence-corrected chi connectivity index (χ1v) is 8.48. The molecule has 0 aromatic carbocycles. The highest BCUT2D eigenvalue weighted by molar-refractivity contribution is 5.80. The molecule has 9 heteroatoms. The van der Waals surface area contributed by atoms with E-state index in [4.69, 9.17) is 22.5 Å². The Morgan fingerprint density at radius 3 is 2.36 bits per heavy atom. The molecule has 25 heavy (non-hydrogen) atoms. The maximum atomic E-state index is 11.7. The minimum absolute atomic E-state index is 0.375. The number of hydrogen-bond donors (Lipinski definition) is 2. The summed E-state index contributed by atoms with van der Waals surface area (Å²) in [6.07, 6.45) is -4.89. The zero-order chi connectivity index (χ0) is 20.6. The van der Waals surface area contributed by atoms with Gasteiger partial charge >= 0.3 is 0 Å². The Balaban J connectivity index is 3.25. The third kappa shape index (κ3) is 6.22. The second-order valence-electron chi connectivity index (χ2n) is 5.85. The second kappa shape index (κ2) is 11.4. The normalized spacial score (nSPS) is 34.2. The van der Waals surface area contributed by atoms with Crippen molar-refractivity contribution in [1.29, 1.82) is 0 Å². The summed E-state index contributed by atoms with van der Waals surface area (Å²) in [7, 11) is 0. The molecule has 0 aliphatic carbocycles. The van der Waals surface area contributed by atoms with Gasteiger partial charge in [0.1, 0.15) is 24.4 Å². The van der Waals surface area contributed by atoms with Gasteiger partial charge in [0.15, 0.2) is 12.1 Å². The van der Waals surface area contributed by atoms with Gasteiger partial charge in [-0.2, -0.15) is 0 Å². The number of carbonyl (C=O) groups is 1. The number of hydrogen-bond acceptors (Lipinski definition) is 7. The number of ether oxygens (including phenoxy) is 3. The minimum atomic E-state index is -1.66. The first kappa shape index (κ1) is 18.6. The van der Waals surface area contributed by atoms with Crippen molar-refractivity contribution < 1.29 is 32.0 Å². The maximum absolute atomic E-state index is 11.7. The van der Waals surface area contributed by atoms with E-state index in [2.05, 4.69) is 10.0 Å². The Labute approximate surface area is 150 Å². The van der Waals surface area contributed by atoms with Crippen LogP contribution in [0.4, 0.5) is 0 Å². The zero-order valence-corrected chi connectivity index (χ0v) is 14.8. The summed E-state index contributed by atoms with van der Waals surface area (Å²) in [4.78, 5) is 14.4. The highest BCUT2D eigenvalue weighted by atomic mass is 16.6. The van der Waals surface area contributed by atoms with E-state index in [9.17, 15) is 15.0 Å². The van der Waals surface area contributed by atoms with E-state index in [1.807, 2.05) is 13.8 Å². The number of carbonyl (C=O) groups excluding carboxylic acids is 1. The molecule has 1 saturated heterocycles. The van der Waals surface area contributed by atoms with Gasteiger partial charge < -0.3 is 24.4 Å². The van der Waals surface area contributed by atoms with Crippen LogP contribution in [0.2, 0.25) is 0 Å². The number of aliphatic hydroxyl groups excluding tert-OH is 2. The van der Waals surface area contributed by atoms with E-state index in [1.165, 1.54) is 0 Å². The number of nitrogens with zero attached hydrogens (tertiary/aromatic N) is 3. The lowest BCUT2D eigenvalue weighted by molar-refractivity contribution is -0.275. The van der Waals surface area contributed by atoms with Gasteiger partial charge in [-0.05, 0) is 25.3 Å². The van der Waals surface area contributed by atoms with E-state index in [1.54, 1.807) is 0 Å². The predicted octanol–water partition coefficient (Wildman–Crippen LogP) is 1.70. The van der Waals surface area contributed by atoms with E-state index in [-0.39, 0.29) is 0 Å². The Bertz CT molecular complexity index is 522. The first-order chi connectivity index (χ1) is 12.8. The monoisotopic (exact) mass is 361 g/mol. The van der Waals surface area contributed by atoms with Crippen LogP contribution in [0.25, 0.3) is 10.4 Å². The average molecular weight is 361 g/mol. The topological polar surface area (TPSA) is 134 Å². The van der Waals surface area contributed by atoms with Gasteiger partial charge in [-0.15, -0.1) is 0 Å². The molecule has 0 radical (unpaired) electrons. The summed E-state index contributed by atoms with van der Waals surface area (Å²) in [6, 6.07) is -1.26. The van der Waals surface area contributed by atoms with Crippen LogP contribution >= 0.6 is 0 Å². The van der Waals surface area contributed by atoms with E-state index in [0.717, 1.165) is 6.92 Å². The largest absolute Gasteiger partial charge is 0.382 e. The Morgan fingerprint density at radius 1 is 1.32 bits per heavy atom. The fourth-order valence-electron chi connectivity index (χ4n) is 2.44. The van der Waals surface area contributed by atoms with Crippen molar-refractivity contribution in [2.24, 2.45) is 5.11 Å². The standard InChI is InChI=1S/C16H29N3O6/c1-4-6-8-23-13-11(18-19-17)16(22)25-14(12(21)10(3)20)15(13)24-9-7-5-2/h11-16,21-22H,4-9H2,1-3H3/t11-,12?,13-,14-,15+,16?/m1/s1/i8D,9D/t8?,9?,11-,12?,13-,14-,15+,16?. The fraction of sp³-hybridized carbons (Fsp3) is 0.938. The van der Waals surface area contributed by atoms with Crippen molar-refractivity contribution in [2.75, 3.05) is 13.2 Å². The molecule has 1 rings (SSSR count). The SMILES string of the molecule is [2H]C(CCC)O[C@H]1[C@H](OC([2H])CCC)[C@@H](N=[N+]=[N-])C(O)O[C@@H]1C(O)C(C)=O. The van der Waals surface area contributed by atoms with E-state index < -0.39 is 55.7 Å². The van der Waals surface area contributed by atoms with Crippen molar-refractivity contribution in [3.05, 3.63) is 10.4 Å². The Hall–Kier alpha value is -1.22. The molecule has 1 aliphatic rings. The molecule has 8 atom stereocenters. The summed E-state index contributed by atoms with van der Waals surface area (Å²) in [6.45, 7) is 2.88. The molecular weight excluding hydrogens is 330 g/mol. The summed E-state index contributed by atoms with van der Waals surface area (Å²) in [5, 5.41) is 23.9. The van der Waals surface area contributed by atoms with E-state index in [0.29, 0.717) is 25.7 Å². The average Bonchev–Trinajstić information content (AvgIpc) is 2.59. The molecule has 0 saturated carbocycles. The molecular formula is C16H29N3O6. The van der Waals surface area contributed by atoms with Gasteiger partial charge in [-0.1, -0.05) is 31.8 Å². The quantitative estimate of drug-likeness (QED) is 0.327. The first-order valence-electron chi connectivity index (χ1n) is 9.63. The van der Waals surface area contributed by atoms with Gasteiger partial charge in [0.2, 0.25) is 0 Å². The zero-order valence-electron chi connectivity index (χ0n) is 16.8. The van der Waals surface area contributed by atoms with Crippen molar-refractivity contribution in [2.45, 2.75) is 83.2 Å². The number of rotatable bonds is 11. The summed E-state index contributed by atoms with van der Waals surface area (Å²) < 4.78 is 32.6. The van der Waals surface area contributed by atoms with Crippen LogP contribution in [0.5, 0.6) is 0 Å². The molecule has 0 aromatic heterocycles. The Morgan fingerprint density at radius 2 is 1.88 bits per heavy atom. The summed E-state index contributed by atoms with van der Waals surface area (Å²) in [5.41, 5.74) is 8.82. The molecule has 144 valence electrons. The number of azide groups is 1. The predicted molar refractivity (Wildman–Crippen MR) is 89.8 cm³/mol. The smallest absolute Gasteiger partial charge is 0.166 e. The molecule has 0 spiro atoms. The van der Waals surface area contributed by atoms with Crippen molar-refractivity contribution in [3.8, 4) is 0 Å². The molecule has 2 N–H and O–H groups in total. The Kier molecular flexibility index (Phi) is 8.47. The van der Waals surface area contributed by atoms with Gasteiger partial charge in [0, 0.05) is 18.1 Å². The number of aliphatic hydroxyl groups is 2. The van der Waals surface area contributed by atoms with Crippen LogP contribution in [0, 0.1) is 0 Å². The minimum Gasteiger partial charge on any atom is -0.382 e.